The summed E-state index contributed by atoms with van der Waals surface area (Å²) in [5.74, 6) is 0.351. The summed E-state index contributed by atoms with van der Waals surface area (Å²) >= 11 is 11.4. The van der Waals surface area contributed by atoms with Gasteiger partial charge in [0.2, 0.25) is 5.91 Å². The number of aromatic nitrogens is 2. The van der Waals surface area contributed by atoms with Crippen LogP contribution in [0.1, 0.15) is 0 Å². The molecular weight excluding hydrogens is 329 g/mol. The van der Waals surface area contributed by atoms with Crippen LogP contribution in [0.3, 0.4) is 0 Å². The van der Waals surface area contributed by atoms with Crippen molar-refractivity contribution in [3.63, 3.8) is 0 Å². The zero-order chi connectivity index (χ0) is 15.9. The first-order valence-electron chi connectivity index (χ1n) is 6.43. The van der Waals surface area contributed by atoms with E-state index in [9.17, 15) is 9.59 Å². The van der Waals surface area contributed by atoms with E-state index in [0.29, 0.717) is 13.2 Å². The molecule has 1 amide bonds. The first-order valence-corrected chi connectivity index (χ1v) is 7.19. The third-order valence-corrected chi connectivity index (χ3v) is 3.42. The van der Waals surface area contributed by atoms with Crippen LogP contribution >= 0.6 is 23.2 Å². The summed E-state index contributed by atoms with van der Waals surface area (Å²) in [5, 5.41) is 6.27. The number of amides is 1. The maximum atomic E-state index is 11.7. The molecule has 116 valence electrons. The third kappa shape index (κ3) is 4.47. The molecule has 22 heavy (non-hydrogen) atoms. The maximum Gasteiger partial charge on any atom is 0.287 e. The second kappa shape index (κ2) is 7.82. The number of hydrogen-bond acceptors (Lipinski definition) is 4. The van der Waals surface area contributed by atoms with E-state index in [2.05, 4.69) is 10.4 Å². The molecule has 1 aromatic heterocycles. The van der Waals surface area contributed by atoms with Crippen molar-refractivity contribution in [3.05, 3.63) is 56.9 Å². The van der Waals surface area contributed by atoms with Gasteiger partial charge in [-0.25, -0.2) is 4.68 Å². The number of hydrogen-bond donors (Lipinski definition) is 1. The Morgan fingerprint density at radius 3 is 2.73 bits per heavy atom. The van der Waals surface area contributed by atoms with Gasteiger partial charge in [0.1, 0.15) is 23.9 Å². The Morgan fingerprint density at radius 2 is 2.00 bits per heavy atom. The molecule has 0 saturated heterocycles. The number of para-hydroxylation sites is 1. The first-order chi connectivity index (χ1) is 10.6. The third-order valence-electron chi connectivity index (χ3n) is 2.67. The van der Waals surface area contributed by atoms with Crippen molar-refractivity contribution in [2.75, 3.05) is 13.2 Å². The molecule has 0 radical (unpaired) electrons. The fourth-order valence-corrected chi connectivity index (χ4v) is 1.90. The molecule has 0 bridgehead atoms. The van der Waals surface area contributed by atoms with Crippen molar-refractivity contribution >= 4 is 29.1 Å². The van der Waals surface area contributed by atoms with Crippen LogP contribution in [0.2, 0.25) is 10.0 Å². The molecule has 1 heterocycles. The van der Waals surface area contributed by atoms with Crippen LogP contribution in [-0.4, -0.2) is 28.8 Å². The molecule has 0 fully saturated rings. The van der Waals surface area contributed by atoms with E-state index in [-0.39, 0.29) is 22.5 Å². The lowest BCUT2D eigenvalue weighted by Crippen LogP contribution is -2.35. The van der Waals surface area contributed by atoms with E-state index in [1.165, 1.54) is 6.20 Å². The average molecular weight is 342 g/mol. The van der Waals surface area contributed by atoms with E-state index in [0.717, 1.165) is 10.4 Å². The molecule has 1 aromatic carbocycles. The normalized spacial score (nSPS) is 10.3. The minimum absolute atomic E-state index is 0.0552. The van der Waals surface area contributed by atoms with Crippen LogP contribution in [-0.2, 0) is 11.3 Å². The summed E-state index contributed by atoms with van der Waals surface area (Å²) in [6.45, 7) is 0.393. The maximum absolute atomic E-state index is 11.7. The smallest absolute Gasteiger partial charge is 0.287 e. The molecule has 0 atom stereocenters. The van der Waals surface area contributed by atoms with Gasteiger partial charge in [0.15, 0.2) is 0 Å². The summed E-state index contributed by atoms with van der Waals surface area (Å²) in [7, 11) is 0. The van der Waals surface area contributed by atoms with Gasteiger partial charge >= 0.3 is 0 Å². The monoisotopic (exact) mass is 341 g/mol. The van der Waals surface area contributed by atoms with E-state index in [4.69, 9.17) is 27.9 Å². The van der Waals surface area contributed by atoms with Crippen molar-refractivity contribution in [2.24, 2.45) is 0 Å². The second-order valence-electron chi connectivity index (χ2n) is 4.28. The van der Waals surface area contributed by atoms with E-state index in [1.54, 1.807) is 0 Å². The van der Waals surface area contributed by atoms with E-state index in [1.807, 2.05) is 30.3 Å². The summed E-state index contributed by atoms with van der Waals surface area (Å²) in [5.41, 5.74) is -0.607. The number of carbonyl (C=O) groups is 1. The number of halogens is 2. The Labute approximate surface area is 136 Å². The molecule has 2 aromatic rings. The highest BCUT2D eigenvalue weighted by molar-refractivity contribution is 6.41. The zero-order valence-corrected chi connectivity index (χ0v) is 13.0. The SMILES string of the molecule is O=C(Cn1ncc(Cl)c(Cl)c1=O)NCCOc1ccccc1. The van der Waals surface area contributed by atoms with Gasteiger partial charge in [-0.3, -0.25) is 9.59 Å². The Bertz CT molecular complexity index is 704. The lowest BCUT2D eigenvalue weighted by Gasteiger charge is -2.08. The average Bonchev–Trinajstić information content (AvgIpc) is 2.53. The molecule has 8 heteroatoms. The molecule has 0 spiro atoms. The van der Waals surface area contributed by atoms with Crippen LogP contribution in [0.5, 0.6) is 5.75 Å². The lowest BCUT2D eigenvalue weighted by atomic mass is 10.3. The van der Waals surface area contributed by atoms with E-state index >= 15 is 0 Å². The van der Waals surface area contributed by atoms with Crippen molar-refractivity contribution in [2.45, 2.75) is 6.54 Å². The molecule has 0 aliphatic heterocycles. The number of benzene rings is 1. The molecule has 0 unspecified atom stereocenters. The van der Waals surface area contributed by atoms with Crippen LogP contribution in [0.15, 0.2) is 41.3 Å². The number of nitrogens with one attached hydrogen (secondary N) is 1. The van der Waals surface area contributed by atoms with Gasteiger partial charge < -0.3 is 10.1 Å². The molecule has 0 saturated carbocycles. The zero-order valence-electron chi connectivity index (χ0n) is 11.5. The first kappa shape index (κ1) is 16.3. The molecule has 6 nitrogen and oxygen atoms in total. The van der Waals surface area contributed by atoms with Crippen molar-refractivity contribution in [3.8, 4) is 5.75 Å². The topological polar surface area (TPSA) is 73.2 Å². The minimum atomic E-state index is -0.607. The summed E-state index contributed by atoms with van der Waals surface area (Å²) in [6, 6.07) is 9.24. The standard InChI is InChI=1S/C14H13Cl2N3O3/c15-11-8-18-19(14(21)13(11)16)9-12(20)17-6-7-22-10-4-2-1-3-5-10/h1-5,8H,6-7,9H2,(H,17,20). The number of rotatable bonds is 6. The van der Waals surface area contributed by atoms with Crippen LogP contribution in [0.25, 0.3) is 0 Å². The summed E-state index contributed by atoms with van der Waals surface area (Å²) in [6.07, 6.45) is 1.22. The molecule has 0 aliphatic carbocycles. The molecule has 2 rings (SSSR count). The van der Waals surface area contributed by atoms with Crippen LogP contribution < -0.4 is 15.6 Å². The largest absolute Gasteiger partial charge is 0.492 e. The van der Waals surface area contributed by atoms with Crippen molar-refractivity contribution < 1.29 is 9.53 Å². The van der Waals surface area contributed by atoms with Crippen LogP contribution in [0.4, 0.5) is 0 Å². The van der Waals surface area contributed by atoms with Crippen molar-refractivity contribution in [1.82, 2.24) is 15.1 Å². The van der Waals surface area contributed by atoms with Gasteiger partial charge in [-0.1, -0.05) is 41.4 Å². The quantitative estimate of drug-likeness (QED) is 0.812. The Hall–Kier alpha value is -2.05. The molecule has 1 N–H and O–H groups in total. The fraction of sp³-hybridized carbons (Fsp3) is 0.214. The Balaban J connectivity index is 1.79. The lowest BCUT2D eigenvalue weighted by molar-refractivity contribution is -0.122. The predicted octanol–water partition coefficient (Wildman–Crippen LogP) is 1.75. The highest BCUT2D eigenvalue weighted by atomic mass is 35.5. The highest BCUT2D eigenvalue weighted by Gasteiger charge is 2.10. The second-order valence-corrected chi connectivity index (χ2v) is 5.07. The summed E-state index contributed by atoms with van der Waals surface area (Å²) < 4.78 is 6.37. The van der Waals surface area contributed by atoms with Crippen LogP contribution in [0, 0.1) is 0 Å². The fourth-order valence-electron chi connectivity index (χ4n) is 1.63. The number of nitrogens with zero attached hydrogens (tertiary/aromatic N) is 2. The van der Waals surface area contributed by atoms with Gasteiger partial charge in [-0.15, -0.1) is 0 Å². The predicted molar refractivity (Wildman–Crippen MR) is 83.5 cm³/mol. The number of ether oxygens (including phenoxy) is 1. The van der Waals surface area contributed by atoms with E-state index < -0.39 is 5.56 Å². The van der Waals surface area contributed by atoms with Gasteiger partial charge in [-0.2, -0.15) is 5.10 Å². The van der Waals surface area contributed by atoms with Gasteiger partial charge in [0.05, 0.1) is 17.8 Å². The highest BCUT2D eigenvalue weighted by Crippen LogP contribution is 2.14. The Morgan fingerprint density at radius 1 is 1.27 bits per heavy atom. The van der Waals surface area contributed by atoms with Gasteiger partial charge in [0, 0.05) is 0 Å². The minimum Gasteiger partial charge on any atom is -0.492 e. The van der Waals surface area contributed by atoms with Gasteiger partial charge in [-0.05, 0) is 12.1 Å². The molecule has 0 aliphatic rings. The van der Waals surface area contributed by atoms with Gasteiger partial charge in [0.25, 0.3) is 5.56 Å². The van der Waals surface area contributed by atoms with Crippen molar-refractivity contribution in [1.29, 1.82) is 0 Å². The summed E-state index contributed by atoms with van der Waals surface area (Å²) in [4.78, 5) is 23.4. The molecular formula is C14H13Cl2N3O3. The number of carbonyl (C=O) groups excluding carboxylic acids is 1. The Kier molecular flexibility index (Phi) is 5.80.